The number of carbonyl (C=O) groups excluding carboxylic acids is 2. The van der Waals surface area contributed by atoms with Gasteiger partial charge in [0.25, 0.3) is 0 Å². The summed E-state index contributed by atoms with van der Waals surface area (Å²) >= 11 is 0. The molecule has 0 aromatic heterocycles. The predicted molar refractivity (Wildman–Crippen MR) is 326 cm³/mol. The van der Waals surface area contributed by atoms with E-state index >= 15 is 0 Å². The normalized spacial score (nSPS) is 12.0. The zero-order chi connectivity index (χ0) is 53.4. The van der Waals surface area contributed by atoms with Crippen molar-refractivity contribution < 1.29 is 24.2 Å². The van der Waals surface area contributed by atoms with Crippen LogP contribution in [0, 0.1) is 0 Å². The van der Waals surface area contributed by atoms with E-state index < -0.39 is 6.10 Å². The summed E-state index contributed by atoms with van der Waals surface area (Å²) in [7, 11) is 0. The van der Waals surface area contributed by atoms with Gasteiger partial charge in [-0.2, -0.15) is 0 Å². The number of ether oxygens (including phenoxy) is 2. The highest BCUT2D eigenvalue weighted by Gasteiger charge is 2.16. The Hall–Kier alpha value is -1.10. The average Bonchev–Trinajstić information content (AvgIpc) is 3.40. The Morgan fingerprint density at radius 2 is 0.419 bits per heavy atom. The van der Waals surface area contributed by atoms with E-state index in [4.69, 9.17) is 9.47 Å². The zero-order valence-corrected chi connectivity index (χ0v) is 50.9. The fraction of sp³-hybridized carbons (Fsp3) is 0.971. The molecule has 0 fully saturated rings. The first-order valence-electron chi connectivity index (χ1n) is 34.6. The van der Waals surface area contributed by atoms with Crippen LogP contribution < -0.4 is 0 Å². The molecule has 0 spiro atoms. The van der Waals surface area contributed by atoms with Gasteiger partial charge in [0.05, 0.1) is 6.61 Å². The fourth-order valence-corrected chi connectivity index (χ4v) is 11.2. The van der Waals surface area contributed by atoms with Crippen LogP contribution in [0.2, 0.25) is 0 Å². The topological polar surface area (TPSA) is 72.8 Å². The highest BCUT2D eigenvalue weighted by atomic mass is 16.6. The number of esters is 2. The molecule has 74 heavy (non-hydrogen) atoms. The molecule has 0 aliphatic heterocycles. The van der Waals surface area contributed by atoms with Crippen LogP contribution >= 0.6 is 0 Å². The maximum Gasteiger partial charge on any atom is 0.306 e. The quantitative estimate of drug-likeness (QED) is 0.0485. The van der Waals surface area contributed by atoms with Gasteiger partial charge in [0, 0.05) is 12.8 Å². The second-order valence-corrected chi connectivity index (χ2v) is 24.0. The summed E-state index contributed by atoms with van der Waals surface area (Å²) in [6.45, 7) is 4.23. The lowest BCUT2D eigenvalue weighted by Gasteiger charge is -2.15. The van der Waals surface area contributed by atoms with Crippen molar-refractivity contribution in [2.45, 2.75) is 418 Å². The summed E-state index contributed by atoms with van der Waals surface area (Å²) in [6, 6.07) is 0. The number of rotatable bonds is 66. The Bertz CT molecular complexity index is 1050. The molecule has 0 saturated heterocycles. The SMILES string of the molecule is CCCCCCCCCCCCCCCCCCCCCCCCCCCCCCCCCCCC(=O)OC(CO)COC(=O)CCCCCCCCCCCCCCCCCCCCCCCCCCCCC. The monoisotopic (exact) mass is 1050 g/mol. The lowest BCUT2D eigenvalue weighted by Crippen LogP contribution is -2.28. The minimum absolute atomic E-state index is 0.0553. The van der Waals surface area contributed by atoms with Gasteiger partial charge in [-0.3, -0.25) is 9.59 Å². The number of hydrogen-bond acceptors (Lipinski definition) is 5. The number of unbranched alkanes of at least 4 members (excludes halogenated alkanes) is 58. The predicted octanol–water partition coefficient (Wildman–Crippen LogP) is 23.7. The van der Waals surface area contributed by atoms with Crippen molar-refractivity contribution in [1.29, 1.82) is 0 Å². The van der Waals surface area contributed by atoms with Gasteiger partial charge in [0.2, 0.25) is 0 Å². The minimum Gasteiger partial charge on any atom is -0.462 e. The molecule has 0 amide bonds. The van der Waals surface area contributed by atoms with E-state index in [1.54, 1.807) is 0 Å². The lowest BCUT2D eigenvalue weighted by molar-refractivity contribution is -0.161. The van der Waals surface area contributed by atoms with Crippen LogP contribution in [0.25, 0.3) is 0 Å². The number of aliphatic hydroxyl groups is 1. The van der Waals surface area contributed by atoms with E-state index in [9.17, 15) is 14.7 Å². The molecule has 0 radical (unpaired) electrons. The molecule has 0 saturated carbocycles. The summed E-state index contributed by atoms with van der Waals surface area (Å²) in [6.07, 6.45) is 82.9. The van der Waals surface area contributed by atoms with Gasteiger partial charge in [-0.1, -0.05) is 386 Å². The standard InChI is InChI=1S/C69H136O5/c1-3-5-7-9-11-13-15-17-19-21-23-25-27-29-31-32-33-34-35-36-38-40-42-44-46-48-50-52-54-56-58-60-62-64-69(72)74-67(65-70)66-73-68(71)63-61-59-57-55-53-51-49-47-45-43-41-39-37-30-28-26-24-22-20-18-16-14-12-10-8-6-4-2/h67,70H,3-66H2,1-2H3. The summed E-state index contributed by atoms with van der Waals surface area (Å²) in [5.41, 5.74) is 0. The van der Waals surface area contributed by atoms with E-state index in [1.165, 1.54) is 353 Å². The van der Waals surface area contributed by atoms with Crippen LogP contribution in [-0.4, -0.2) is 36.4 Å². The molecule has 0 bridgehead atoms. The molecular formula is C69H136O5. The van der Waals surface area contributed by atoms with Crippen LogP contribution in [-0.2, 0) is 19.1 Å². The van der Waals surface area contributed by atoms with E-state index in [2.05, 4.69) is 13.8 Å². The van der Waals surface area contributed by atoms with Crippen molar-refractivity contribution in [3.63, 3.8) is 0 Å². The van der Waals surface area contributed by atoms with Gasteiger partial charge in [-0.25, -0.2) is 0 Å². The third kappa shape index (κ3) is 63.4. The number of hydrogen-bond donors (Lipinski definition) is 1. The van der Waals surface area contributed by atoms with Crippen LogP contribution in [0.3, 0.4) is 0 Å². The van der Waals surface area contributed by atoms with E-state index in [1.807, 2.05) is 0 Å². The molecule has 5 nitrogen and oxygen atoms in total. The molecular weight excluding hydrogens is 909 g/mol. The summed E-state index contributed by atoms with van der Waals surface area (Å²) in [4.78, 5) is 24.6. The molecule has 5 heteroatoms. The van der Waals surface area contributed by atoms with Gasteiger partial charge < -0.3 is 14.6 Å². The fourth-order valence-electron chi connectivity index (χ4n) is 11.2. The molecule has 0 rings (SSSR count). The van der Waals surface area contributed by atoms with Crippen molar-refractivity contribution in [3.8, 4) is 0 Å². The third-order valence-electron chi connectivity index (χ3n) is 16.4. The van der Waals surface area contributed by atoms with Crippen molar-refractivity contribution in [2.75, 3.05) is 13.2 Å². The number of aliphatic hydroxyl groups excluding tert-OH is 1. The second-order valence-electron chi connectivity index (χ2n) is 24.0. The van der Waals surface area contributed by atoms with Gasteiger partial charge in [-0.05, 0) is 12.8 Å². The molecule has 0 heterocycles. The first kappa shape index (κ1) is 72.9. The van der Waals surface area contributed by atoms with Crippen LogP contribution in [0.1, 0.15) is 412 Å². The van der Waals surface area contributed by atoms with E-state index in [0.717, 1.165) is 32.1 Å². The van der Waals surface area contributed by atoms with Gasteiger partial charge in [0.15, 0.2) is 6.10 Å². The maximum atomic E-state index is 12.4. The second kappa shape index (κ2) is 66.2. The summed E-state index contributed by atoms with van der Waals surface area (Å²) < 4.78 is 10.8. The zero-order valence-electron chi connectivity index (χ0n) is 50.9. The first-order valence-corrected chi connectivity index (χ1v) is 34.6. The van der Waals surface area contributed by atoms with Crippen LogP contribution in [0.4, 0.5) is 0 Å². The van der Waals surface area contributed by atoms with Gasteiger partial charge >= 0.3 is 11.9 Å². The largest absolute Gasteiger partial charge is 0.462 e. The molecule has 0 aromatic rings. The molecule has 442 valence electrons. The minimum atomic E-state index is -0.765. The Morgan fingerprint density at radius 1 is 0.257 bits per heavy atom. The van der Waals surface area contributed by atoms with Gasteiger partial charge in [-0.15, -0.1) is 0 Å². The average molecular weight is 1050 g/mol. The van der Waals surface area contributed by atoms with E-state index in [0.29, 0.717) is 12.8 Å². The third-order valence-corrected chi connectivity index (χ3v) is 16.4. The molecule has 1 unspecified atom stereocenters. The maximum absolute atomic E-state index is 12.4. The van der Waals surface area contributed by atoms with Gasteiger partial charge in [0.1, 0.15) is 6.61 Å². The molecule has 0 aliphatic rings. The summed E-state index contributed by atoms with van der Waals surface area (Å²) in [5, 5.41) is 9.69. The Kier molecular flexibility index (Phi) is 65.2. The Morgan fingerprint density at radius 3 is 0.595 bits per heavy atom. The van der Waals surface area contributed by atoms with Crippen molar-refractivity contribution >= 4 is 11.9 Å². The summed E-state index contributed by atoms with van der Waals surface area (Å²) in [5.74, 6) is -0.558. The first-order chi connectivity index (χ1) is 36.6. The van der Waals surface area contributed by atoms with Crippen molar-refractivity contribution in [2.24, 2.45) is 0 Å². The van der Waals surface area contributed by atoms with E-state index in [-0.39, 0.29) is 25.2 Å². The lowest BCUT2D eigenvalue weighted by atomic mass is 10.0. The van der Waals surface area contributed by atoms with Crippen molar-refractivity contribution in [3.05, 3.63) is 0 Å². The molecule has 0 aliphatic carbocycles. The van der Waals surface area contributed by atoms with Crippen molar-refractivity contribution in [1.82, 2.24) is 0 Å². The molecule has 0 aromatic carbocycles. The highest BCUT2D eigenvalue weighted by molar-refractivity contribution is 5.70. The van der Waals surface area contributed by atoms with Crippen LogP contribution in [0.5, 0.6) is 0 Å². The molecule has 1 N–H and O–H groups in total. The highest BCUT2D eigenvalue weighted by Crippen LogP contribution is 2.20. The molecule has 1 atom stereocenters. The number of carbonyl (C=O) groups is 2. The Labute approximate surface area is 465 Å². The Balaban J connectivity index is 3.35. The van der Waals surface area contributed by atoms with Crippen LogP contribution in [0.15, 0.2) is 0 Å². The smallest absolute Gasteiger partial charge is 0.306 e.